The van der Waals surface area contributed by atoms with E-state index in [2.05, 4.69) is 10.3 Å². The highest BCUT2D eigenvalue weighted by molar-refractivity contribution is 7.17. The summed E-state index contributed by atoms with van der Waals surface area (Å²) in [6, 6.07) is 6.93. The highest BCUT2D eigenvalue weighted by Crippen LogP contribution is 2.24. The number of methoxy groups -OCH3 is 1. The van der Waals surface area contributed by atoms with Gasteiger partial charge in [-0.25, -0.2) is 9.78 Å². The lowest BCUT2D eigenvalue weighted by Crippen LogP contribution is -2.30. The summed E-state index contributed by atoms with van der Waals surface area (Å²) in [6.45, 7) is 5.34. The number of rotatable bonds is 7. The van der Waals surface area contributed by atoms with Gasteiger partial charge in [0.2, 0.25) is 0 Å². The number of hydrogen-bond donors (Lipinski definition) is 1. The molecule has 0 spiro atoms. The van der Waals surface area contributed by atoms with E-state index in [0.29, 0.717) is 27.2 Å². The van der Waals surface area contributed by atoms with Crippen LogP contribution in [0.2, 0.25) is 0 Å². The van der Waals surface area contributed by atoms with Crippen LogP contribution in [-0.2, 0) is 9.53 Å². The molecule has 1 amide bonds. The number of aryl methyl sites for hydroxylation is 1. The summed E-state index contributed by atoms with van der Waals surface area (Å²) >= 11 is 1.07. The topological polar surface area (TPSA) is 86.8 Å². The molecule has 0 aliphatic carbocycles. The molecule has 0 saturated carbocycles. The molecule has 0 saturated heterocycles. The lowest BCUT2D eigenvalue weighted by atomic mass is 10.3. The van der Waals surface area contributed by atoms with Gasteiger partial charge in [-0.1, -0.05) is 11.3 Å². The number of nitrogens with zero attached hydrogens (tertiary/aromatic N) is 1. The summed E-state index contributed by atoms with van der Waals surface area (Å²) < 4.78 is 15.6. The van der Waals surface area contributed by atoms with E-state index in [1.807, 2.05) is 0 Å². The Balaban J connectivity index is 1.98. The fourth-order valence-electron chi connectivity index (χ4n) is 1.95. The minimum absolute atomic E-state index is 0.282. The second-order valence-corrected chi connectivity index (χ2v) is 6.08. The molecule has 2 rings (SSSR count). The Morgan fingerprint density at radius 1 is 1.24 bits per heavy atom. The van der Waals surface area contributed by atoms with Crippen molar-refractivity contribution in [2.24, 2.45) is 0 Å². The fourth-order valence-corrected chi connectivity index (χ4v) is 2.82. The summed E-state index contributed by atoms with van der Waals surface area (Å²) in [4.78, 5) is 28.6. The Bertz CT molecular complexity index is 742. The van der Waals surface area contributed by atoms with Crippen LogP contribution in [0.1, 0.15) is 29.2 Å². The van der Waals surface area contributed by atoms with Gasteiger partial charge in [-0.15, -0.1) is 0 Å². The highest BCUT2D eigenvalue weighted by atomic mass is 32.1. The van der Waals surface area contributed by atoms with Crippen molar-refractivity contribution >= 4 is 28.3 Å². The van der Waals surface area contributed by atoms with Crippen molar-refractivity contribution in [2.45, 2.75) is 26.9 Å². The number of esters is 1. The molecule has 1 unspecified atom stereocenters. The fraction of sp³-hybridized carbons (Fsp3) is 0.353. The van der Waals surface area contributed by atoms with E-state index in [0.717, 1.165) is 11.3 Å². The van der Waals surface area contributed by atoms with Gasteiger partial charge in [0.05, 0.1) is 19.4 Å². The van der Waals surface area contributed by atoms with E-state index >= 15 is 0 Å². The molecular formula is C17H20N2O5S. The first-order valence-corrected chi connectivity index (χ1v) is 8.52. The molecule has 1 N–H and O–H groups in total. The normalized spacial score (nSPS) is 11.5. The van der Waals surface area contributed by atoms with Gasteiger partial charge in [0, 0.05) is 0 Å². The molecule has 0 bridgehead atoms. The van der Waals surface area contributed by atoms with Crippen molar-refractivity contribution in [1.82, 2.24) is 4.98 Å². The van der Waals surface area contributed by atoms with Crippen molar-refractivity contribution in [2.75, 3.05) is 19.0 Å². The lowest BCUT2D eigenvalue weighted by molar-refractivity contribution is -0.122. The van der Waals surface area contributed by atoms with Crippen molar-refractivity contribution in [3.05, 3.63) is 34.8 Å². The molecule has 2 aromatic rings. The third-order valence-corrected chi connectivity index (χ3v) is 4.28. The Labute approximate surface area is 149 Å². The maximum absolute atomic E-state index is 12.2. The van der Waals surface area contributed by atoms with E-state index in [1.165, 1.54) is 0 Å². The van der Waals surface area contributed by atoms with E-state index < -0.39 is 12.1 Å². The van der Waals surface area contributed by atoms with Gasteiger partial charge in [-0.2, -0.15) is 0 Å². The van der Waals surface area contributed by atoms with Gasteiger partial charge in [0.1, 0.15) is 16.4 Å². The van der Waals surface area contributed by atoms with Crippen LogP contribution in [0.4, 0.5) is 5.13 Å². The number of nitrogens with one attached hydrogen (secondary N) is 1. The van der Waals surface area contributed by atoms with Crippen LogP contribution < -0.4 is 14.8 Å². The maximum Gasteiger partial charge on any atom is 0.350 e. The monoisotopic (exact) mass is 364 g/mol. The van der Waals surface area contributed by atoms with Crippen LogP contribution in [0, 0.1) is 6.92 Å². The second kappa shape index (κ2) is 8.48. The number of benzene rings is 1. The molecule has 8 heteroatoms. The number of carbonyl (C=O) groups is 2. The van der Waals surface area contributed by atoms with Crippen LogP contribution >= 0.6 is 11.3 Å². The Morgan fingerprint density at radius 2 is 1.88 bits per heavy atom. The quantitative estimate of drug-likeness (QED) is 0.760. The summed E-state index contributed by atoms with van der Waals surface area (Å²) in [5.74, 6) is 0.445. The van der Waals surface area contributed by atoms with Crippen molar-refractivity contribution in [1.29, 1.82) is 0 Å². The Kier molecular flexibility index (Phi) is 6.35. The van der Waals surface area contributed by atoms with Crippen molar-refractivity contribution in [3.8, 4) is 11.5 Å². The number of hydrogen-bond acceptors (Lipinski definition) is 7. The predicted octanol–water partition coefficient (Wildman–Crippen LogP) is 3.04. The average Bonchev–Trinajstić information content (AvgIpc) is 2.96. The molecule has 0 aliphatic rings. The number of ether oxygens (including phenoxy) is 3. The summed E-state index contributed by atoms with van der Waals surface area (Å²) in [5.41, 5.74) is 0.516. The predicted molar refractivity (Wildman–Crippen MR) is 94.5 cm³/mol. The molecule has 1 aromatic carbocycles. The molecule has 0 fully saturated rings. The molecule has 1 atom stereocenters. The van der Waals surface area contributed by atoms with E-state index in [1.54, 1.807) is 52.1 Å². The van der Waals surface area contributed by atoms with Crippen LogP contribution in [-0.4, -0.2) is 36.7 Å². The first kappa shape index (κ1) is 18.7. The summed E-state index contributed by atoms with van der Waals surface area (Å²) in [7, 11) is 1.58. The number of thiazole rings is 1. The van der Waals surface area contributed by atoms with Crippen molar-refractivity contribution < 1.29 is 23.8 Å². The largest absolute Gasteiger partial charge is 0.497 e. The third kappa shape index (κ3) is 4.93. The zero-order chi connectivity index (χ0) is 18.4. The maximum atomic E-state index is 12.2. The summed E-state index contributed by atoms with van der Waals surface area (Å²) in [5, 5.41) is 2.98. The van der Waals surface area contributed by atoms with Gasteiger partial charge >= 0.3 is 5.97 Å². The SMILES string of the molecule is CCOC(=O)c1sc(NC(=O)C(C)Oc2ccc(OC)cc2)nc1C. The highest BCUT2D eigenvalue weighted by Gasteiger charge is 2.20. The molecule has 134 valence electrons. The van der Waals surface area contributed by atoms with Crippen LogP contribution in [0.25, 0.3) is 0 Å². The van der Waals surface area contributed by atoms with Gasteiger partial charge in [-0.05, 0) is 45.0 Å². The standard InChI is InChI=1S/C17H20N2O5S/c1-5-23-16(21)14-10(2)18-17(25-14)19-15(20)11(3)24-13-8-6-12(22-4)7-9-13/h6-9,11H,5H2,1-4H3,(H,18,19,20). The second-order valence-electron chi connectivity index (χ2n) is 5.08. The number of aromatic nitrogens is 1. The van der Waals surface area contributed by atoms with Gasteiger partial charge in [0.15, 0.2) is 11.2 Å². The number of carbonyl (C=O) groups excluding carboxylic acids is 2. The van der Waals surface area contributed by atoms with E-state index in [9.17, 15) is 9.59 Å². The average molecular weight is 364 g/mol. The first-order valence-electron chi connectivity index (χ1n) is 7.70. The minimum atomic E-state index is -0.733. The lowest BCUT2D eigenvalue weighted by Gasteiger charge is -2.13. The molecule has 7 nitrogen and oxygen atoms in total. The number of amides is 1. The Morgan fingerprint density at radius 3 is 2.48 bits per heavy atom. The van der Waals surface area contributed by atoms with Crippen LogP contribution in [0.5, 0.6) is 11.5 Å². The zero-order valence-corrected chi connectivity index (χ0v) is 15.3. The van der Waals surface area contributed by atoms with Gasteiger partial charge in [-0.3, -0.25) is 10.1 Å². The van der Waals surface area contributed by atoms with Crippen LogP contribution in [0.15, 0.2) is 24.3 Å². The van der Waals surface area contributed by atoms with E-state index in [4.69, 9.17) is 14.2 Å². The smallest absolute Gasteiger partial charge is 0.350 e. The minimum Gasteiger partial charge on any atom is -0.497 e. The van der Waals surface area contributed by atoms with Crippen molar-refractivity contribution in [3.63, 3.8) is 0 Å². The van der Waals surface area contributed by atoms with Gasteiger partial charge < -0.3 is 14.2 Å². The molecule has 1 heterocycles. The van der Waals surface area contributed by atoms with E-state index in [-0.39, 0.29) is 12.5 Å². The zero-order valence-electron chi connectivity index (χ0n) is 14.5. The molecule has 1 aromatic heterocycles. The molecule has 0 radical (unpaired) electrons. The summed E-state index contributed by atoms with van der Waals surface area (Å²) in [6.07, 6.45) is -0.733. The Hall–Kier alpha value is -2.61. The molecule has 0 aliphatic heterocycles. The number of anilines is 1. The van der Waals surface area contributed by atoms with Gasteiger partial charge in [0.25, 0.3) is 5.91 Å². The third-order valence-electron chi connectivity index (χ3n) is 3.23. The van der Waals surface area contributed by atoms with Crippen LogP contribution in [0.3, 0.4) is 0 Å². The molecule has 25 heavy (non-hydrogen) atoms. The first-order chi connectivity index (χ1) is 11.9. The molecular weight excluding hydrogens is 344 g/mol.